The highest BCUT2D eigenvalue weighted by atomic mass is 32.1. The lowest BCUT2D eigenvalue weighted by Crippen LogP contribution is -2.40. The zero-order valence-corrected chi connectivity index (χ0v) is 17.8. The lowest BCUT2D eigenvalue weighted by Gasteiger charge is -2.21. The molecule has 9 heteroatoms. The summed E-state index contributed by atoms with van der Waals surface area (Å²) in [6.07, 6.45) is -2.96. The Hall–Kier alpha value is -2.13. The molecule has 164 valence electrons. The Morgan fingerprint density at radius 3 is 2.83 bits per heavy atom. The summed E-state index contributed by atoms with van der Waals surface area (Å²) in [6.45, 7) is 6.20. The van der Waals surface area contributed by atoms with Gasteiger partial charge in [-0.15, -0.1) is 11.3 Å². The number of benzene rings is 1. The maximum absolute atomic E-state index is 12.7. The summed E-state index contributed by atoms with van der Waals surface area (Å²) in [7, 11) is 0. The summed E-state index contributed by atoms with van der Waals surface area (Å²) in [5.41, 5.74) is 0.342. The highest BCUT2D eigenvalue weighted by molar-refractivity contribution is 7.09. The molecule has 0 aliphatic carbocycles. The lowest BCUT2D eigenvalue weighted by molar-refractivity contribution is -0.140. The number of nitrogens with zero attached hydrogens (tertiary/aromatic N) is 3. The van der Waals surface area contributed by atoms with E-state index in [0.717, 1.165) is 54.3 Å². The Labute approximate surface area is 179 Å². The van der Waals surface area contributed by atoms with Crippen LogP contribution in [-0.2, 0) is 23.9 Å². The summed E-state index contributed by atoms with van der Waals surface area (Å²) < 4.78 is 43.9. The Morgan fingerprint density at radius 2 is 2.13 bits per heavy atom. The smallest absolute Gasteiger partial charge is 0.376 e. The average Bonchev–Trinajstić information content (AvgIpc) is 3.38. The van der Waals surface area contributed by atoms with Gasteiger partial charge in [0.25, 0.3) is 0 Å². The van der Waals surface area contributed by atoms with Crippen molar-refractivity contribution in [2.75, 3.05) is 32.8 Å². The van der Waals surface area contributed by atoms with Gasteiger partial charge < -0.3 is 15.0 Å². The van der Waals surface area contributed by atoms with Gasteiger partial charge in [-0.3, -0.25) is 4.99 Å². The van der Waals surface area contributed by atoms with Gasteiger partial charge in [0.15, 0.2) is 11.7 Å². The first-order chi connectivity index (χ1) is 14.5. The SMILES string of the molecule is CCNC(=NCCc1nc(C(F)(F)F)cs1)N1CCC(COCc2ccccc2)C1. The molecule has 3 rings (SSSR count). The van der Waals surface area contributed by atoms with Crippen molar-refractivity contribution in [3.05, 3.63) is 52.0 Å². The summed E-state index contributed by atoms with van der Waals surface area (Å²) >= 11 is 1.03. The van der Waals surface area contributed by atoms with Crippen LogP contribution in [0.25, 0.3) is 0 Å². The maximum Gasteiger partial charge on any atom is 0.434 e. The fraction of sp³-hybridized carbons (Fsp3) is 0.524. The number of alkyl halides is 3. The molecule has 0 amide bonds. The van der Waals surface area contributed by atoms with E-state index >= 15 is 0 Å². The number of thiazole rings is 1. The van der Waals surface area contributed by atoms with Crippen LogP contribution in [0.5, 0.6) is 0 Å². The van der Waals surface area contributed by atoms with E-state index < -0.39 is 11.9 Å². The van der Waals surface area contributed by atoms with Crippen LogP contribution in [0.15, 0.2) is 40.7 Å². The predicted octanol–water partition coefficient (Wildman–Crippen LogP) is 4.21. The first kappa shape index (κ1) is 22.6. The standard InChI is InChI=1S/C21H27F3N4OS/c1-2-25-20(26-10-8-19-27-18(15-30-19)21(22,23)24)28-11-9-17(12-28)14-29-13-16-6-4-3-5-7-16/h3-7,15,17H,2,8-14H2,1H3,(H,25,26). The molecular weight excluding hydrogens is 413 g/mol. The number of guanidine groups is 1. The molecule has 0 bridgehead atoms. The Bertz CT molecular complexity index is 810. The van der Waals surface area contributed by atoms with Crippen LogP contribution in [0, 0.1) is 5.92 Å². The Balaban J connectivity index is 1.46. The van der Waals surface area contributed by atoms with E-state index in [1.807, 2.05) is 25.1 Å². The molecule has 1 unspecified atom stereocenters. The summed E-state index contributed by atoms with van der Waals surface area (Å²) in [5.74, 6) is 1.24. The highest BCUT2D eigenvalue weighted by Crippen LogP contribution is 2.30. The van der Waals surface area contributed by atoms with E-state index in [9.17, 15) is 13.2 Å². The van der Waals surface area contributed by atoms with Crippen molar-refractivity contribution in [2.24, 2.45) is 10.9 Å². The van der Waals surface area contributed by atoms with E-state index in [0.29, 0.717) is 37.1 Å². The van der Waals surface area contributed by atoms with Crippen molar-refractivity contribution in [1.82, 2.24) is 15.2 Å². The van der Waals surface area contributed by atoms with Gasteiger partial charge in [-0.2, -0.15) is 13.2 Å². The molecule has 30 heavy (non-hydrogen) atoms. The number of nitrogens with one attached hydrogen (secondary N) is 1. The van der Waals surface area contributed by atoms with Gasteiger partial charge in [0, 0.05) is 43.9 Å². The second-order valence-electron chi connectivity index (χ2n) is 7.21. The van der Waals surface area contributed by atoms with Crippen molar-refractivity contribution < 1.29 is 17.9 Å². The van der Waals surface area contributed by atoms with Crippen LogP contribution in [0.3, 0.4) is 0 Å². The predicted molar refractivity (Wildman–Crippen MR) is 113 cm³/mol. The average molecular weight is 441 g/mol. The second-order valence-corrected chi connectivity index (χ2v) is 8.15. The van der Waals surface area contributed by atoms with Gasteiger partial charge >= 0.3 is 6.18 Å². The molecule has 0 spiro atoms. The zero-order valence-electron chi connectivity index (χ0n) is 17.0. The molecule has 1 aromatic heterocycles. The number of aromatic nitrogens is 1. The fourth-order valence-electron chi connectivity index (χ4n) is 3.32. The Morgan fingerprint density at radius 1 is 1.33 bits per heavy atom. The molecule has 1 N–H and O–H groups in total. The van der Waals surface area contributed by atoms with E-state index in [4.69, 9.17) is 4.74 Å². The van der Waals surface area contributed by atoms with E-state index in [-0.39, 0.29) is 0 Å². The number of aliphatic imine (C=N–C) groups is 1. The molecule has 5 nitrogen and oxygen atoms in total. The molecule has 1 atom stereocenters. The number of rotatable bonds is 8. The van der Waals surface area contributed by atoms with Crippen molar-refractivity contribution in [3.63, 3.8) is 0 Å². The van der Waals surface area contributed by atoms with Crippen LogP contribution in [0.1, 0.15) is 29.6 Å². The van der Waals surface area contributed by atoms with E-state index in [1.165, 1.54) is 0 Å². The van der Waals surface area contributed by atoms with Gasteiger partial charge in [-0.1, -0.05) is 30.3 Å². The van der Waals surface area contributed by atoms with Crippen molar-refractivity contribution in [1.29, 1.82) is 0 Å². The van der Waals surface area contributed by atoms with Crippen LogP contribution >= 0.6 is 11.3 Å². The molecule has 1 aromatic carbocycles. The van der Waals surface area contributed by atoms with Crippen molar-refractivity contribution >= 4 is 17.3 Å². The van der Waals surface area contributed by atoms with Gasteiger partial charge in [-0.05, 0) is 18.9 Å². The maximum atomic E-state index is 12.7. The first-order valence-electron chi connectivity index (χ1n) is 10.1. The third kappa shape index (κ3) is 6.70. The third-order valence-corrected chi connectivity index (χ3v) is 5.72. The fourth-order valence-corrected chi connectivity index (χ4v) is 4.11. The molecule has 1 aliphatic heterocycles. The van der Waals surface area contributed by atoms with Gasteiger partial charge in [0.1, 0.15) is 0 Å². The van der Waals surface area contributed by atoms with Crippen LogP contribution < -0.4 is 5.32 Å². The van der Waals surface area contributed by atoms with Gasteiger partial charge in [0.2, 0.25) is 0 Å². The summed E-state index contributed by atoms with van der Waals surface area (Å²) in [5, 5.41) is 4.80. The van der Waals surface area contributed by atoms with Crippen molar-refractivity contribution in [3.8, 4) is 0 Å². The lowest BCUT2D eigenvalue weighted by atomic mass is 10.1. The number of hydrogen-bond donors (Lipinski definition) is 1. The Kier molecular flexibility index (Phi) is 8.09. The summed E-state index contributed by atoms with van der Waals surface area (Å²) in [4.78, 5) is 10.5. The zero-order chi connectivity index (χ0) is 21.4. The van der Waals surface area contributed by atoms with E-state index in [1.54, 1.807) is 0 Å². The molecule has 1 fully saturated rings. The van der Waals surface area contributed by atoms with Crippen molar-refractivity contribution in [2.45, 2.75) is 32.5 Å². The molecule has 2 aromatic rings. The van der Waals surface area contributed by atoms with Gasteiger partial charge in [0.05, 0.1) is 18.2 Å². The van der Waals surface area contributed by atoms with E-state index in [2.05, 4.69) is 32.3 Å². The minimum Gasteiger partial charge on any atom is -0.376 e. The highest BCUT2D eigenvalue weighted by Gasteiger charge is 2.33. The number of ether oxygens (including phenoxy) is 1. The van der Waals surface area contributed by atoms with Crippen LogP contribution in [-0.4, -0.2) is 48.6 Å². The number of halogens is 3. The van der Waals surface area contributed by atoms with Crippen LogP contribution in [0.4, 0.5) is 13.2 Å². The first-order valence-corrected chi connectivity index (χ1v) is 11.0. The molecule has 1 aliphatic rings. The summed E-state index contributed by atoms with van der Waals surface area (Å²) in [6, 6.07) is 10.1. The normalized spacial score (nSPS) is 17.5. The molecule has 1 saturated heterocycles. The quantitative estimate of drug-likeness (QED) is 0.494. The third-order valence-electron chi connectivity index (χ3n) is 4.81. The van der Waals surface area contributed by atoms with Crippen LogP contribution in [0.2, 0.25) is 0 Å². The monoisotopic (exact) mass is 440 g/mol. The largest absolute Gasteiger partial charge is 0.434 e. The molecule has 0 radical (unpaired) electrons. The minimum atomic E-state index is -4.39. The molecular formula is C21H27F3N4OS. The molecule has 2 heterocycles. The molecule has 0 saturated carbocycles. The number of likely N-dealkylation sites (tertiary alicyclic amines) is 1. The second kappa shape index (κ2) is 10.8. The number of hydrogen-bond acceptors (Lipinski definition) is 4. The minimum absolute atomic E-state index is 0.396. The van der Waals surface area contributed by atoms with Gasteiger partial charge in [-0.25, -0.2) is 4.98 Å². The topological polar surface area (TPSA) is 49.8 Å².